The van der Waals surface area contributed by atoms with Gasteiger partial charge in [-0.2, -0.15) is 5.10 Å². The zero-order chi connectivity index (χ0) is 21.7. The molecular formula is C21H19FN8O. The summed E-state index contributed by atoms with van der Waals surface area (Å²) in [7, 11) is 0. The number of nitrogens with zero attached hydrogens (tertiary/aromatic N) is 7. The lowest BCUT2D eigenvalue weighted by atomic mass is 10.1. The highest BCUT2D eigenvalue weighted by molar-refractivity contribution is 5.98. The van der Waals surface area contributed by atoms with Crippen LogP contribution < -0.4 is 5.73 Å². The number of imidazole rings is 2. The number of anilines is 1. The van der Waals surface area contributed by atoms with Crippen molar-refractivity contribution in [1.29, 1.82) is 0 Å². The van der Waals surface area contributed by atoms with Crippen molar-refractivity contribution in [2.45, 2.75) is 20.4 Å². The van der Waals surface area contributed by atoms with Crippen LogP contribution in [0.5, 0.6) is 0 Å². The summed E-state index contributed by atoms with van der Waals surface area (Å²) >= 11 is 0. The summed E-state index contributed by atoms with van der Waals surface area (Å²) in [5.41, 5.74) is 9.58. The molecule has 0 aliphatic carbocycles. The van der Waals surface area contributed by atoms with Crippen LogP contribution in [0.1, 0.15) is 28.7 Å². The number of hydrogen-bond donors (Lipinski definition) is 1. The molecule has 0 saturated heterocycles. The number of benzene rings is 1. The van der Waals surface area contributed by atoms with E-state index in [1.807, 2.05) is 19.9 Å². The van der Waals surface area contributed by atoms with Crippen LogP contribution in [0.3, 0.4) is 0 Å². The molecule has 0 atom stereocenters. The number of amides is 1. The smallest absolute Gasteiger partial charge is 0.257 e. The van der Waals surface area contributed by atoms with Crippen LogP contribution in [0, 0.1) is 12.7 Å². The molecule has 5 rings (SSSR count). The highest BCUT2D eigenvalue weighted by Crippen LogP contribution is 2.25. The van der Waals surface area contributed by atoms with Gasteiger partial charge in [0.1, 0.15) is 23.5 Å². The fourth-order valence-corrected chi connectivity index (χ4v) is 3.76. The number of fused-ring (bicyclic) bond motifs is 4. The Morgan fingerprint density at radius 1 is 1.29 bits per heavy atom. The monoisotopic (exact) mass is 418 g/mol. The lowest BCUT2D eigenvalue weighted by Crippen LogP contribution is -2.31. The topological polar surface area (TPSA) is 107 Å². The number of nitrogens with two attached hydrogens (primary N) is 1. The lowest BCUT2D eigenvalue weighted by molar-refractivity contribution is 0.0746. The second kappa shape index (κ2) is 7.01. The average Bonchev–Trinajstić information content (AvgIpc) is 3.34. The van der Waals surface area contributed by atoms with E-state index < -0.39 is 11.7 Å². The van der Waals surface area contributed by atoms with Gasteiger partial charge in [0.2, 0.25) is 0 Å². The molecule has 0 bridgehead atoms. The molecule has 0 spiro atoms. The molecule has 10 heteroatoms. The quantitative estimate of drug-likeness (QED) is 0.481. The fraction of sp³-hybridized carbons (Fsp3) is 0.190. The van der Waals surface area contributed by atoms with Gasteiger partial charge in [0.15, 0.2) is 5.65 Å². The van der Waals surface area contributed by atoms with Crippen LogP contribution in [0.4, 0.5) is 10.2 Å². The van der Waals surface area contributed by atoms with E-state index in [0.717, 1.165) is 0 Å². The average molecular weight is 418 g/mol. The first kappa shape index (κ1) is 18.9. The maximum absolute atomic E-state index is 14.9. The Morgan fingerprint density at radius 2 is 2.13 bits per heavy atom. The number of carbonyl (C=O) groups is 1. The van der Waals surface area contributed by atoms with Crippen molar-refractivity contribution >= 4 is 33.9 Å². The zero-order valence-electron chi connectivity index (χ0n) is 16.9. The molecule has 0 radical (unpaired) electrons. The Balaban J connectivity index is 1.56. The third-order valence-corrected chi connectivity index (χ3v) is 5.30. The number of aromatic nitrogens is 6. The van der Waals surface area contributed by atoms with Crippen molar-refractivity contribution in [1.82, 2.24) is 33.9 Å². The second-order valence-electron chi connectivity index (χ2n) is 7.24. The predicted octanol–water partition coefficient (Wildman–Crippen LogP) is 2.62. The van der Waals surface area contributed by atoms with Gasteiger partial charge in [-0.15, -0.1) is 0 Å². The fourth-order valence-electron chi connectivity index (χ4n) is 3.76. The maximum atomic E-state index is 14.9. The van der Waals surface area contributed by atoms with Gasteiger partial charge < -0.3 is 10.6 Å². The van der Waals surface area contributed by atoms with Crippen LogP contribution in [0.25, 0.3) is 22.2 Å². The third-order valence-electron chi connectivity index (χ3n) is 5.30. The SMILES string of the molecule is CCN(Cc1cn2ncccc2n1)C(=O)c1cc2c(cc1F)nc(N)c1c(C)ncn12. The molecule has 31 heavy (non-hydrogen) atoms. The largest absolute Gasteiger partial charge is 0.382 e. The number of aryl methyl sites for hydroxylation is 1. The molecule has 0 fully saturated rings. The van der Waals surface area contributed by atoms with Gasteiger partial charge in [0.05, 0.1) is 40.7 Å². The van der Waals surface area contributed by atoms with Crippen LogP contribution in [-0.4, -0.2) is 46.3 Å². The van der Waals surface area contributed by atoms with Crippen molar-refractivity contribution in [3.63, 3.8) is 0 Å². The molecule has 4 aromatic heterocycles. The molecule has 9 nitrogen and oxygen atoms in total. The first-order valence-corrected chi connectivity index (χ1v) is 9.77. The molecule has 4 heterocycles. The van der Waals surface area contributed by atoms with Gasteiger partial charge in [0, 0.05) is 18.8 Å². The second-order valence-corrected chi connectivity index (χ2v) is 7.24. The van der Waals surface area contributed by atoms with Crippen molar-refractivity contribution < 1.29 is 9.18 Å². The van der Waals surface area contributed by atoms with Gasteiger partial charge in [-0.3, -0.25) is 9.20 Å². The van der Waals surface area contributed by atoms with E-state index in [-0.39, 0.29) is 17.9 Å². The van der Waals surface area contributed by atoms with Crippen molar-refractivity contribution in [2.24, 2.45) is 0 Å². The highest BCUT2D eigenvalue weighted by atomic mass is 19.1. The molecule has 5 aromatic rings. The van der Waals surface area contributed by atoms with Gasteiger partial charge in [-0.25, -0.2) is 23.9 Å². The summed E-state index contributed by atoms with van der Waals surface area (Å²) in [4.78, 5) is 27.8. The van der Waals surface area contributed by atoms with Crippen LogP contribution >= 0.6 is 0 Å². The molecule has 1 aromatic carbocycles. The highest BCUT2D eigenvalue weighted by Gasteiger charge is 2.22. The van der Waals surface area contributed by atoms with Crippen molar-refractivity contribution in [3.8, 4) is 0 Å². The summed E-state index contributed by atoms with van der Waals surface area (Å²) < 4.78 is 18.3. The Hall–Kier alpha value is -4.08. The first-order chi connectivity index (χ1) is 15.0. The predicted molar refractivity (Wildman–Crippen MR) is 113 cm³/mol. The molecule has 0 unspecified atom stereocenters. The van der Waals surface area contributed by atoms with E-state index in [0.29, 0.717) is 40.1 Å². The van der Waals surface area contributed by atoms with Crippen LogP contribution in [-0.2, 0) is 6.54 Å². The van der Waals surface area contributed by atoms with E-state index >= 15 is 0 Å². The first-order valence-electron chi connectivity index (χ1n) is 9.77. The van der Waals surface area contributed by atoms with Gasteiger partial charge in [-0.1, -0.05) is 0 Å². The molecule has 0 aliphatic heterocycles. The summed E-state index contributed by atoms with van der Waals surface area (Å²) in [6.45, 7) is 4.27. The molecule has 2 N–H and O–H groups in total. The number of halogens is 1. The standard InChI is InChI=1S/C21H19FN8O/c1-3-28(9-13-10-30-18(26-13)5-4-6-25-30)21(31)14-7-17-16(8-15(14)22)27-20(23)19-12(2)24-11-29(17)19/h4-8,10-11H,3,9H2,1-2H3,(H2,23,27). The van der Waals surface area contributed by atoms with E-state index in [1.54, 1.807) is 33.7 Å². The Labute approximate surface area is 176 Å². The molecule has 0 saturated carbocycles. The van der Waals surface area contributed by atoms with Gasteiger partial charge >= 0.3 is 0 Å². The Bertz CT molecular complexity index is 1440. The summed E-state index contributed by atoms with van der Waals surface area (Å²) in [6.07, 6.45) is 5.01. The van der Waals surface area contributed by atoms with E-state index in [2.05, 4.69) is 20.1 Å². The molecule has 1 amide bonds. The number of rotatable bonds is 4. The Kier molecular flexibility index (Phi) is 4.28. The number of nitrogen functional groups attached to an aromatic ring is 1. The van der Waals surface area contributed by atoms with Crippen LogP contribution in [0.2, 0.25) is 0 Å². The summed E-state index contributed by atoms with van der Waals surface area (Å²) in [5.74, 6) is -0.832. The third kappa shape index (κ3) is 3.03. The number of carbonyl (C=O) groups excluding carboxylic acids is 1. The summed E-state index contributed by atoms with van der Waals surface area (Å²) in [5, 5.41) is 4.19. The normalized spacial score (nSPS) is 11.6. The lowest BCUT2D eigenvalue weighted by Gasteiger charge is -2.20. The minimum Gasteiger partial charge on any atom is -0.382 e. The van der Waals surface area contributed by atoms with Crippen molar-refractivity contribution in [3.05, 3.63) is 65.8 Å². The number of hydrogen-bond acceptors (Lipinski definition) is 6. The zero-order valence-corrected chi connectivity index (χ0v) is 16.9. The summed E-state index contributed by atoms with van der Waals surface area (Å²) in [6, 6.07) is 6.35. The van der Waals surface area contributed by atoms with E-state index in [4.69, 9.17) is 5.73 Å². The molecular weight excluding hydrogens is 399 g/mol. The minimum atomic E-state index is -0.657. The van der Waals surface area contributed by atoms with Gasteiger partial charge in [-0.05, 0) is 32.0 Å². The molecule has 156 valence electrons. The minimum absolute atomic E-state index is 0.0459. The van der Waals surface area contributed by atoms with Crippen LogP contribution in [0.15, 0.2) is 43.0 Å². The Morgan fingerprint density at radius 3 is 2.90 bits per heavy atom. The van der Waals surface area contributed by atoms with Gasteiger partial charge in [0.25, 0.3) is 5.91 Å². The van der Waals surface area contributed by atoms with E-state index in [1.165, 1.54) is 17.0 Å². The van der Waals surface area contributed by atoms with E-state index in [9.17, 15) is 9.18 Å². The van der Waals surface area contributed by atoms with Crippen molar-refractivity contribution in [2.75, 3.05) is 12.3 Å². The maximum Gasteiger partial charge on any atom is 0.257 e. The molecule has 0 aliphatic rings.